The van der Waals surface area contributed by atoms with Crippen LogP contribution < -0.4 is 0 Å². The Kier molecular flexibility index (Phi) is 4.71. The molecule has 0 N–H and O–H groups in total. The number of ether oxygens (including phenoxy) is 1. The summed E-state index contributed by atoms with van der Waals surface area (Å²) in [5.74, 6) is 0.275. The standard InChI is InChI=1S/C17H22N4O2/c1-3-23-12-13-10-21(11-16-15(13)9-19-20(16)2)17(22)8-14-6-4-5-7-18-14/h4-7,9,13H,3,8,10-12H2,1-2H3/t13-/m1/s1. The van der Waals surface area contributed by atoms with Gasteiger partial charge in [0.15, 0.2) is 0 Å². The number of amides is 1. The van der Waals surface area contributed by atoms with Crippen LogP contribution >= 0.6 is 0 Å². The molecule has 23 heavy (non-hydrogen) atoms. The van der Waals surface area contributed by atoms with Crippen molar-refractivity contribution in [1.82, 2.24) is 19.7 Å². The third-order valence-electron chi connectivity index (χ3n) is 4.25. The van der Waals surface area contributed by atoms with Crippen LogP contribution in [-0.4, -0.2) is 45.3 Å². The molecule has 1 atom stereocenters. The van der Waals surface area contributed by atoms with Gasteiger partial charge in [0.25, 0.3) is 0 Å². The van der Waals surface area contributed by atoms with Crippen LogP contribution in [0.25, 0.3) is 0 Å². The molecule has 0 spiro atoms. The Bertz CT molecular complexity index is 668. The molecular formula is C17H22N4O2. The predicted molar refractivity (Wildman–Crippen MR) is 85.8 cm³/mol. The molecule has 0 saturated carbocycles. The van der Waals surface area contributed by atoms with Gasteiger partial charge in [0, 0.05) is 43.6 Å². The summed E-state index contributed by atoms with van der Waals surface area (Å²) in [5, 5.41) is 4.35. The monoisotopic (exact) mass is 314 g/mol. The quantitative estimate of drug-likeness (QED) is 0.839. The van der Waals surface area contributed by atoms with Crippen LogP contribution in [0.4, 0.5) is 0 Å². The van der Waals surface area contributed by atoms with Crippen LogP contribution in [0.2, 0.25) is 0 Å². The van der Waals surface area contributed by atoms with Crippen molar-refractivity contribution in [2.75, 3.05) is 19.8 Å². The highest BCUT2D eigenvalue weighted by atomic mass is 16.5. The zero-order valence-corrected chi connectivity index (χ0v) is 13.6. The molecule has 1 amide bonds. The first kappa shape index (κ1) is 15.7. The Morgan fingerprint density at radius 3 is 3.04 bits per heavy atom. The Hall–Kier alpha value is -2.21. The minimum atomic E-state index is 0.0945. The molecule has 1 aliphatic rings. The highest BCUT2D eigenvalue weighted by Crippen LogP contribution is 2.28. The summed E-state index contributed by atoms with van der Waals surface area (Å²) in [6.45, 7) is 4.54. The molecule has 0 aliphatic carbocycles. The molecule has 2 aromatic rings. The molecule has 3 heterocycles. The minimum absolute atomic E-state index is 0.0945. The van der Waals surface area contributed by atoms with Crippen molar-refractivity contribution in [1.29, 1.82) is 0 Å². The zero-order chi connectivity index (χ0) is 16.2. The topological polar surface area (TPSA) is 60.2 Å². The van der Waals surface area contributed by atoms with Crippen LogP contribution in [0.3, 0.4) is 0 Å². The van der Waals surface area contributed by atoms with Gasteiger partial charge in [0.05, 0.1) is 31.5 Å². The van der Waals surface area contributed by atoms with Gasteiger partial charge in [-0.05, 0) is 19.1 Å². The molecule has 0 unspecified atom stereocenters. The lowest BCUT2D eigenvalue weighted by molar-refractivity contribution is -0.132. The van der Waals surface area contributed by atoms with E-state index in [0.717, 1.165) is 11.4 Å². The molecule has 1 aliphatic heterocycles. The molecule has 3 rings (SSSR count). The number of hydrogen-bond donors (Lipinski definition) is 0. The second kappa shape index (κ2) is 6.91. The molecule has 0 saturated heterocycles. The van der Waals surface area contributed by atoms with Gasteiger partial charge in [-0.2, -0.15) is 5.10 Å². The van der Waals surface area contributed by atoms with Crippen molar-refractivity contribution < 1.29 is 9.53 Å². The van der Waals surface area contributed by atoms with Crippen LogP contribution in [0, 0.1) is 0 Å². The summed E-state index contributed by atoms with van der Waals surface area (Å²) in [5.41, 5.74) is 3.09. The zero-order valence-electron chi connectivity index (χ0n) is 13.6. The fraction of sp³-hybridized carbons (Fsp3) is 0.471. The first-order valence-electron chi connectivity index (χ1n) is 7.95. The maximum atomic E-state index is 12.6. The number of hydrogen-bond acceptors (Lipinski definition) is 4. The molecule has 0 aromatic carbocycles. The van der Waals surface area contributed by atoms with Crippen molar-refractivity contribution in [3.63, 3.8) is 0 Å². The second-order valence-corrected chi connectivity index (χ2v) is 5.80. The Labute approximate surface area is 136 Å². The number of carbonyl (C=O) groups excluding carboxylic acids is 1. The average Bonchev–Trinajstić information content (AvgIpc) is 2.95. The molecule has 0 fully saturated rings. The van der Waals surface area contributed by atoms with Gasteiger partial charge in [-0.3, -0.25) is 14.5 Å². The van der Waals surface area contributed by atoms with E-state index < -0.39 is 0 Å². The lowest BCUT2D eigenvalue weighted by Crippen LogP contribution is -2.40. The summed E-state index contributed by atoms with van der Waals surface area (Å²) in [6, 6.07) is 5.65. The minimum Gasteiger partial charge on any atom is -0.381 e. The maximum absolute atomic E-state index is 12.6. The van der Waals surface area contributed by atoms with Gasteiger partial charge in [0.1, 0.15) is 0 Å². The van der Waals surface area contributed by atoms with Gasteiger partial charge in [0.2, 0.25) is 5.91 Å². The summed E-state index contributed by atoms with van der Waals surface area (Å²) in [7, 11) is 1.92. The molecule has 6 heteroatoms. The molecule has 0 bridgehead atoms. The van der Waals surface area contributed by atoms with Crippen LogP contribution in [0.15, 0.2) is 30.6 Å². The van der Waals surface area contributed by atoms with E-state index >= 15 is 0 Å². The van der Waals surface area contributed by atoms with E-state index in [9.17, 15) is 4.79 Å². The molecular weight excluding hydrogens is 292 g/mol. The Balaban J connectivity index is 1.76. The smallest absolute Gasteiger partial charge is 0.228 e. The van der Waals surface area contributed by atoms with Crippen LogP contribution in [0.1, 0.15) is 29.8 Å². The van der Waals surface area contributed by atoms with Gasteiger partial charge >= 0.3 is 0 Å². The van der Waals surface area contributed by atoms with E-state index in [1.165, 1.54) is 5.56 Å². The average molecular weight is 314 g/mol. The van der Waals surface area contributed by atoms with E-state index in [0.29, 0.717) is 32.7 Å². The Morgan fingerprint density at radius 1 is 1.43 bits per heavy atom. The fourth-order valence-electron chi connectivity index (χ4n) is 2.99. The van der Waals surface area contributed by atoms with E-state index in [4.69, 9.17) is 4.74 Å². The Morgan fingerprint density at radius 2 is 2.30 bits per heavy atom. The van der Waals surface area contributed by atoms with Crippen molar-refractivity contribution in [2.45, 2.75) is 25.8 Å². The number of rotatable bonds is 5. The summed E-state index contributed by atoms with van der Waals surface area (Å²) < 4.78 is 7.45. The maximum Gasteiger partial charge on any atom is 0.228 e. The number of nitrogens with zero attached hydrogens (tertiary/aromatic N) is 4. The van der Waals surface area contributed by atoms with Crippen molar-refractivity contribution in [2.24, 2.45) is 7.05 Å². The fourth-order valence-corrected chi connectivity index (χ4v) is 2.99. The number of aryl methyl sites for hydroxylation is 1. The third kappa shape index (κ3) is 3.42. The second-order valence-electron chi connectivity index (χ2n) is 5.80. The van der Waals surface area contributed by atoms with E-state index in [1.807, 2.05) is 47.9 Å². The third-order valence-corrected chi connectivity index (χ3v) is 4.25. The van der Waals surface area contributed by atoms with E-state index in [-0.39, 0.29) is 11.8 Å². The van der Waals surface area contributed by atoms with Gasteiger partial charge in [-0.25, -0.2) is 0 Å². The SMILES string of the molecule is CCOC[C@H]1CN(C(=O)Cc2ccccn2)Cc2c1cnn2C. The molecule has 2 aromatic heterocycles. The molecule has 0 radical (unpaired) electrons. The van der Waals surface area contributed by atoms with Gasteiger partial charge < -0.3 is 9.64 Å². The number of carbonyl (C=O) groups is 1. The van der Waals surface area contributed by atoms with Crippen LogP contribution in [0.5, 0.6) is 0 Å². The lowest BCUT2D eigenvalue weighted by Gasteiger charge is -2.33. The lowest BCUT2D eigenvalue weighted by atomic mass is 9.95. The van der Waals surface area contributed by atoms with Crippen LogP contribution in [-0.2, 0) is 29.5 Å². The largest absolute Gasteiger partial charge is 0.381 e. The van der Waals surface area contributed by atoms with Gasteiger partial charge in [-0.15, -0.1) is 0 Å². The first-order valence-corrected chi connectivity index (χ1v) is 7.95. The number of aromatic nitrogens is 3. The van der Waals surface area contributed by atoms with Crippen molar-refractivity contribution >= 4 is 5.91 Å². The summed E-state index contributed by atoms with van der Waals surface area (Å²) >= 11 is 0. The molecule has 6 nitrogen and oxygen atoms in total. The van der Waals surface area contributed by atoms with E-state index in [2.05, 4.69) is 10.1 Å². The van der Waals surface area contributed by atoms with Gasteiger partial charge in [-0.1, -0.05) is 6.07 Å². The number of pyridine rings is 1. The summed E-state index contributed by atoms with van der Waals surface area (Å²) in [6.07, 6.45) is 3.95. The van der Waals surface area contributed by atoms with Crippen molar-refractivity contribution in [3.8, 4) is 0 Å². The summed E-state index contributed by atoms with van der Waals surface area (Å²) in [4.78, 5) is 18.8. The normalized spacial score (nSPS) is 17.1. The highest BCUT2D eigenvalue weighted by Gasteiger charge is 2.30. The van der Waals surface area contributed by atoms with Crippen molar-refractivity contribution in [3.05, 3.63) is 47.5 Å². The predicted octanol–water partition coefficient (Wildman–Crippen LogP) is 1.52. The number of fused-ring (bicyclic) bond motifs is 1. The highest BCUT2D eigenvalue weighted by molar-refractivity contribution is 5.78. The van der Waals surface area contributed by atoms with E-state index in [1.54, 1.807) is 6.20 Å². The molecule has 122 valence electrons. The first-order chi connectivity index (χ1) is 11.2.